The van der Waals surface area contributed by atoms with Crippen molar-refractivity contribution < 1.29 is 14.0 Å². The van der Waals surface area contributed by atoms with Gasteiger partial charge in [-0.25, -0.2) is 4.39 Å². The molecule has 2 aliphatic rings. The zero-order chi connectivity index (χ0) is 17.3. The molecule has 1 heterocycles. The fraction of sp³-hybridized carbons (Fsp3) is 0.556. The Morgan fingerprint density at radius 1 is 1.12 bits per heavy atom. The molecule has 1 saturated carbocycles. The average Bonchev–Trinajstić information content (AvgIpc) is 3.00. The zero-order valence-corrected chi connectivity index (χ0v) is 16.5. The lowest BCUT2D eigenvalue weighted by Crippen LogP contribution is -2.50. The number of nitrogens with zero attached hydrogens (tertiary/aromatic N) is 2. The fourth-order valence-electron chi connectivity index (χ4n) is 3.65. The molecule has 2 atom stereocenters. The van der Waals surface area contributed by atoms with Crippen LogP contribution in [0.15, 0.2) is 18.2 Å². The third-order valence-corrected chi connectivity index (χ3v) is 5.11. The Kier molecular flexibility index (Phi) is 8.31. The quantitative estimate of drug-likeness (QED) is 0.784. The number of nitrogens with two attached hydrogens (primary N) is 1. The van der Waals surface area contributed by atoms with E-state index in [1.165, 1.54) is 13.0 Å². The smallest absolute Gasteiger partial charge is 0.225 e. The van der Waals surface area contributed by atoms with E-state index in [1.807, 2.05) is 9.80 Å². The molecule has 5 nitrogen and oxygen atoms in total. The highest BCUT2D eigenvalue weighted by Gasteiger charge is 2.32. The largest absolute Gasteiger partial charge is 0.366 e. The van der Waals surface area contributed by atoms with Gasteiger partial charge >= 0.3 is 0 Å². The molecule has 1 saturated heterocycles. The summed E-state index contributed by atoms with van der Waals surface area (Å²) in [5.74, 6) is -0.289. The van der Waals surface area contributed by atoms with E-state index in [2.05, 4.69) is 0 Å². The summed E-state index contributed by atoms with van der Waals surface area (Å²) in [6, 6.07) is 4.74. The number of hydrogen-bond donors (Lipinski definition) is 1. The van der Waals surface area contributed by atoms with E-state index in [0.29, 0.717) is 37.4 Å². The number of piperazine rings is 1. The van der Waals surface area contributed by atoms with Crippen LogP contribution in [0.3, 0.4) is 0 Å². The van der Waals surface area contributed by atoms with Gasteiger partial charge in [0.25, 0.3) is 0 Å². The number of halogens is 3. The number of anilines is 1. The normalized spacial score (nSPS) is 22.4. The van der Waals surface area contributed by atoms with Crippen molar-refractivity contribution in [2.45, 2.75) is 32.2 Å². The number of carbonyl (C=O) groups is 2. The molecule has 8 heteroatoms. The van der Waals surface area contributed by atoms with E-state index in [-0.39, 0.29) is 54.3 Å². The van der Waals surface area contributed by atoms with Crippen molar-refractivity contribution in [2.24, 2.45) is 11.7 Å². The zero-order valence-electron chi connectivity index (χ0n) is 14.8. The van der Waals surface area contributed by atoms with E-state index in [4.69, 9.17) is 5.73 Å². The van der Waals surface area contributed by atoms with E-state index in [0.717, 1.165) is 19.3 Å². The van der Waals surface area contributed by atoms with Crippen LogP contribution < -0.4 is 10.6 Å². The molecule has 1 aromatic carbocycles. The lowest BCUT2D eigenvalue weighted by Gasteiger charge is -2.37. The predicted octanol–water partition coefficient (Wildman–Crippen LogP) is 2.65. The van der Waals surface area contributed by atoms with Crippen molar-refractivity contribution >= 4 is 42.2 Å². The first-order valence-corrected chi connectivity index (χ1v) is 8.55. The Bertz CT molecular complexity index is 651. The van der Waals surface area contributed by atoms with Crippen molar-refractivity contribution in [3.8, 4) is 0 Å². The summed E-state index contributed by atoms with van der Waals surface area (Å²) < 4.78 is 14.3. The number of benzene rings is 1. The molecule has 2 N–H and O–H groups in total. The maximum absolute atomic E-state index is 14.3. The highest BCUT2D eigenvalue weighted by molar-refractivity contribution is 5.94. The average molecular weight is 406 g/mol. The molecule has 146 valence electrons. The van der Waals surface area contributed by atoms with Gasteiger partial charge in [-0.3, -0.25) is 9.59 Å². The molecule has 1 aliphatic heterocycles. The minimum Gasteiger partial charge on any atom is -0.366 e. The Labute approximate surface area is 165 Å². The standard InChI is InChI=1S/C18H24FN3O2.2ClH/c1-12(23)13-3-5-17(16(19)11-13)21-6-8-22(9-7-21)18(24)14-2-4-15(20)10-14;;/h3,5,11,14-15H,2,4,6-10,20H2,1H3;2*1H. The lowest BCUT2D eigenvalue weighted by atomic mass is 10.1. The Balaban J connectivity index is 0.00000169. The van der Waals surface area contributed by atoms with Gasteiger partial charge in [-0.2, -0.15) is 0 Å². The molecule has 1 aliphatic carbocycles. The third kappa shape index (κ3) is 4.87. The van der Waals surface area contributed by atoms with Crippen LogP contribution in [0.1, 0.15) is 36.5 Å². The Morgan fingerprint density at radius 2 is 1.77 bits per heavy atom. The third-order valence-electron chi connectivity index (χ3n) is 5.11. The number of carbonyl (C=O) groups excluding carboxylic acids is 2. The van der Waals surface area contributed by atoms with Crippen LogP contribution in [0.5, 0.6) is 0 Å². The molecule has 1 aromatic rings. The van der Waals surface area contributed by atoms with Gasteiger partial charge < -0.3 is 15.5 Å². The van der Waals surface area contributed by atoms with Crippen molar-refractivity contribution in [1.82, 2.24) is 4.90 Å². The van der Waals surface area contributed by atoms with Crippen molar-refractivity contribution in [1.29, 1.82) is 0 Å². The van der Waals surface area contributed by atoms with E-state index in [9.17, 15) is 14.0 Å². The van der Waals surface area contributed by atoms with Crippen LogP contribution in [0, 0.1) is 11.7 Å². The maximum Gasteiger partial charge on any atom is 0.225 e. The number of ketones is 1. The predicted molar refractivity (Wildman–Crippen MR) is 105 cm³/mol. The van der Waals surface area contributed by atoms with Crippen molar-refractivity contribution in [3.05, 3.63) is 29.6 Å². The molecule has 2 fully saturated rings. The van der Waals surface area contributed by atoms with Crippen LogP contribution in [0.2, 0.25) is 0 Å². The van der Waals surface area contributed by atoms with Gasteiger partial charge in [0.1, 0.15) is 5.82 Å². The first-order valence-electron chi connectivity index (χ1n) is 8.55. The highest BCUT2D eigenvalue weighted by Crippen LogP contribution is 2.27. The minimum absolute atomic E-state index is 0. The molecule has 0 radical (unpaired) electrons. The van der Waals surface area contributed by atoms with Crippen LogP contribution in [-0.2, 0) is 4.79 Å². The van der Waals surface area contributed by atoms with E-state index >= 15 is 0 Å². The molecule has 0 bridgehead atoms. The van der Waals surface area contributed by atoms with Crippen molar-refractivity contribution in [3.63, 3.8) is 0 Å². The second-order valence-corrected chi connectivity index (χ2v) is 6.80. The monoisotopic (exact) mass is 405 g/mol. The molecule has 0 spiro atoms. The summed E-state index contributed by atoms with van der Waals surface area (Å²) in [5.41, 5.74) is 6.77. The number of Topliss-reactive ketones (excluding diaryl/α,β-unsaturated/α-hetero) is 1. The summed E-state index contributed by atoms with van der Waals surface area (Å²) in [6.07, 6.45) is 2.58. The summed E-state index contributed by atoms with van der Waals surface area (Å²) in [7, 11) is 0. The number of hydrogen-bond acceptors (Lipinski definition) is 4. The van der Waals surface area contributed by atoms with Crippen molar-refractivity contribution in [2.75, 3.05) is 31.1 Å². The SMILES string of the molecule is CC(=O)c1ccc(N2CCN(C(=O)C3CCC(N)C3)CC2)c(F)c1.Cl.Cl. The summed E-state index contributed by atoms with van der Waals surface area (Å²) in [6.45, 7) is 3.81. The van der Waals surface area contributed by atoms with Crippen LogP contribution in [0.4, 0.5) is 10.1 Å². The molecule has 0 aromatic heterocycles. The van der Waals surface area contributed by atoms with E-state index in [1.54, 1.807) is 12.1 Å². The van der Waals surface area contributed by atoms with E-state index < -0.39 is 0 Å². The van der Waals surface area contributed by atoms with Crippen LogP contribution in [0.25, 0.3) is 0 Å². The molecule has 3 rings (SSSR count). The number of amides is 1. The Morgan fingerprint density at radius 3 is 2.27 bits per heavy atom. The van der Waals surface area contributed by atoms with Crippen LogP contribution >= 0.6 is 24.8 Å². The topological polar surface area (TPSA) is 66.6 Å². The molecular formula is C18H26Cl2FN3O2. The lowest BCUT2D eigenvalue weighted by molar-refractivity contribution is -0.135. The minimum atomic E-state index is -0.385. The van der Waals surface area contributed by atoms with Gasteiger partial charge in [0.05, 0.1) is 5.69 Å². The first kappa shape index (κ1) is 22.7. The summed E-state index contributed by atoms with van der Waals surface area (Å²) >= 11 is 0. The van der Waals surface area contributed by atoms with Gasteiger partial charge in [-0.05, 0) is 44.4 Å². The maximum atomic E-state index is 14.3. The van der Waals surface area contributed by atoms with Crippen LogP contribution in [-0.4, -0.2) is 48.8 Å². The highest BCUT2D eigenvalue weighted by atomic mass is 35.5. The summed E-state index contributed by atoms with van der Waals surface area (Å²) in [5, 5.41) is 0. The van der Waals surface area contributed by atoms with Gasteiger partial charge in [-0.15, -0.1) is 24.8 Å². The van der Waals surface area contributed by atoms with Gasteiger partial charge in [-0.1, -0.05) is 0 Å². The van der Waals surface area contributed by atoms with Gasteiger partial charge in [0.2, 0.25) is 5.91 Å². The molecular weight excluding hydrogens is 380 g/mol. The second kappa shape index (κ2) is 9.53. The van der Waals surface area contributed by atoms with Gasteiger partial charge in [0.15, 0.2) is 5.78 Å². The van der Waals surface area contributed by atoms with Gasteiger partial charge in [0, 0.05) is 43.7 Å². The number of rotatable bonds is 3. The summed E-state index contributed by atoms with van der Waals surface area (Å²) in [4.78, 5) is 27.6. The first-order chi connectivity index (χ1) is 11.5. The second-order valence-electron chi connectivity index (χ2n) is 6.80. The Hall–Kier alpha value is -1.37. The fourth-order valence-corrected chi connectivity index (χ4v) is 3.65. The molecule has 2 unspecified atom stereocenters. The molecule has 26 heavy (non-hydrogen) atoms. The molecule has 1 amide bonds.